The second-order valence-corrected chi connectivity index (χ2v) is 4.85. The van der Waals surface area contributed by atoms with Gasteiger partial charge in [0.05, 0.1) is 5.60 Å². The molecule has 0 saturated carbocycles. The van der Waals surface area contributed by atoms with Gasteiger partial charge in [-0.15, -0.1) is 0 Å². The van der Waals surface area contributed by atoms with Crippen LogP contribution in [-0.2, 0) is 4.74 Å². The van der Waals surface area contributed by atoms with E-state index in [9.17, 15) is 0 Å². The lowest BCUT2D eigenvalue weighted by atomic mass is 10.2. The van der Waals surface area contributed by atoms with Gasteiger partial charge in [0.2, 0.25) is 0 Å². The van der Waals surface area contributed by atoms with Crippen LogP contribution in [0.3, 0.4) is 0 Å². The minimum atomic E-state index is -0.0711. The standard InChI is InChI=1S/C13H17NO/c1-13(2,3)15-10-12-8-7-11-6-4-5-9-14(11)12/h4-9H,10H2,1-3H3/p+1. The Balaban J connectivity index is 1.97. The first-order chi connectivity index (χ1) is 7.06. The zero-order valence-corrected chi connectivity index (χ0v) is 9.58. The predicted molar refractivity (Wildman–Crippen MR) is 61.1 cm³/mol. The van der Waals surface area contributed by atoms with Crippen LogP contribution in [0.4, 0.5) is 0 Å². The van der Waals surface area contributed by atoms with E-state index < -0.39 is 0 Å². The van der Waals surface area contributed by atoms with Crippen molar-refractivity contribution in [3.8, 4) is 0 Å². The predicted octanol–water partition coefficient (Wildman–Crippen LogP) is 1.55. The third-order valence-corrected chi connectivity index (χ3v) is 2.43. The Morgan fingerprint density at radius 1 is 1.20 bits per heavy atom. The van der Waals surface area contributed by atoms with E-state index in [4.69, 9.17) is 4.74 Å². The van der Waals surface area contributed by atoms with Crippen LogP contribution < -0.4 is 4.90 Å². The molecule has 0 bridgehead atoms. The average molecular weight is 204 g/mol. The Bertz CT molecular complexity index is 366. The van der Waals surface area contributed by atoms with E-state index in [1.807, 2.05) is 0 Å². The summed E-state index contributed by atoms with van der Waals surface area (Å²) in [4.78, 5) is 1.31. The molecule has 0 radical (unpaired) electrons. The minimum Gasteiger partial charge on any atom is -0.366 e. The number of rotatable bonds is 2. The Labute approximate surface area is 91.2 Å². The largest absolute Gasteiger partial charge is 0.366 e. The molecule has 2 nitrogen and oxygen atoms in total. The lowest BCUT2D eigenvalue weighted by molar-refractivity contribution is -0.757. The molecular formula is C13H18NO+. The van der Waals surface area contributed by atoms with Crippen LogP contribution in [-0.4, -0.2) is 12.2 Å². The first kappa shape index (κ1) is 10.4. The molecule has 0 aromatic carbocycles. The van der Waals surface area contributed by atoms with Crippen LogP contribution >= 0.6 is 0 Å². The van der Waals surface area contributed by atoms with Crippen molar-refractivity contribution in [3.63, 3.8) is 0 Å². The first-order valence-electron chi connectivity index (χ1n) is 5.33. The Morgan fingerprint density at radius 2 is 2.00 bits per heavy atom. The highest BCUT2D eigenvalue weighted by atomic mass is 16.5. The SMILES string of the molecule is CC(C)(C)OCC1=CC=C2C=CC=C[NH+]21. The number of hydrogen-bond donors (Lipinski definition) is 1. The monoisotopic (exact) mass is 204 g/mol. The fourth-order valence-corrected chi connectivity index (χ4v) is 1.64. The van der Waals surface area contributed by atoms with E-state index in [2.05, 4.69) is 57.4 Å². The third kappa shape index (κ3) is 2.46. The van der Waals surface area contributed by atoms with Crippen molar-refractivity contribution in [2.45, 2.75) is 26.4 Å². The highest BCUT2D eigenvalue weighted by Crippen LogP contribution is 2.10. The fourth-order valence-electron chi connectivity index (χ4n) is 1.64. The van der Waals surface area contributed by atoms with Gasteiger partial charge in [-0.1, -0.05) is 6.08 Å². The van der Waals surface area contributed by atoms with Crippen molar-refractivity contribution in [2.75, 3.05) is 6.61 Å². The van der Waals surface area contributed by atoms with Gasteiger partial charge in [0.15, 0.2) is 0 Å². The molecule has 2 heterocycles. The summed E-state index contributed by atoms with van der Waals surface area (Å²) >= 11 is 0. The summed E-state index contributed by atoms with van der Waals surface area (Å²) in [6, 6.07) is 0. The summed E-state index contributed by atoms with van der Waals surface area (Å²) in [6.45, 7) is 6.94. The van der Waals surface area contributed by atoms with Gasteiger partial charge in [0.1, 0.15) is 24.2 Å². The first-order valence-corrected chi connectivity index (χ1v) is 5.33. The number of hydrogen-bond acceptors (Lipinski definition) is 1. The highest BCUT2D eigenvalue weighted by Gasteiger charge is 2.24. The van der Waals surface area contributed by atoms with E-state index in [1.54, 1.807) is 0 Å². The molecule has 2 heteroatoms. The fraction of sp³-hybridized carbons (Fsp3) is 0.385. The molecule has 15 heavy (non-hydrogen) atoms. The molecule has 0 amide bonds. The van der Waals surface area contributed by atoms with E-state index in [0.29, 0.717) is 6.61 Å². The maximum absolute atomic E-state index is 5.78. The summed E-state index contributed by atoms with van der Waals surface area (Å²) in [7, 11) is 0. The maximum Gasteiger partial charge on any atom is 0.143 e. The molecule has 1 N–H and O–H groups in total. The van der Waals surface area contributed by atoms with Gasteiger partial charge in [0, 0.05) is 18.2 Å². The van der Waals surface area contributed by atoms with Crippen molar-refractivity contribution >= 4 is 0 Å². The second kappa shape index (κ2) is 3.80. The maximum atomic E-state index is 5.78. The van der Waals surface area contributed by atoms with E-state index in [0.717, 1.165) is 0 Å². The van der Waals surface area contributed by atoms with Crippen molar-refractivity contribution < 1.29 is 9.64 Å². The average Bonchev–Trinajstić information content (AvgIpc) is 2.57. The zero-order valence-electron chi connectivity index (χ0n) is 9.58. The molecule has 2 aliphatic rings. The number of quaternary nitrogens is 1. The zero-order chi connectivity index (χ0) is 10.9. The van der Waals surface area contributed by atoms with E-state index in [1.165, 1.54) is 16.3 Å². The molecule has 1 atom stereocenters. The van der Waals surface area contributed by atoms with Crippen LogP contribution in [0.15, 0.2) is 48.0 Å². The Kier molecular flexibility index (Phi) is 2.63. The van der Waals surface area contributed by atoms with Gasteiger partial charge >= 0.3 is 0 Å². The third-order valence-electron chi connectivity index (χ3n) is 2.43. The van der Waals surface area contributed by atoms with Crippen molar-refractivity contribution in [1.82, 2.24) is 0 Å². The molecule has 0 fully saturated rings. The van der Waals surface area contributed by atoms with Gasteiger partial charge in [-0.25, -0.2) is 4.90 Å². The van der Waals surface area contributed by atoms with Crippen molar-refractivity contribution in [2.24, 2.45) is 0 Å². The summed E-state index contributed by atoms with van der Waals surface area (Å²) < 4.78 is 5.78. The number of allylic oxidation sites excluding steroid dienone is 5. The van der Waals surface area contributed by atoms with E-state index >= 15 is 0 Å². The normalized spacial score (nSPS) is 23.8. The quantitative estimate of drug-likeness (QED) is 0.720. The summed E-state index contributed by atoms with van der Waals surface area (Å²) in [5.74, 6) is 0. The number of ether oxygens (including phenoxy) is 1. The smallest absolute Gasteiger partial charge is 0.143 e. The Morgan fingerprint density at radius 3 is 2.73 bits per heavy atom. The van der Waals surface area contributed by atoms with Crippen LogP contribution in [0.2, 0.25) is 0 Å². The number of nitrogens with one attached hydrogen (secondary N) is 1. The molecule has 0 saturated heterocycles. The molecular weight excluding hydrogens is 186 g/mol. The lowest BCUT2D eigenvalue weighted by Gasteiger charge is -2.22. The molecule has 0 aliphatic carbocycles. The summed E-state index contributed by atoms with van der Waals surface area (Å²) in [6.07, 6.45) is 12.7. The topological polar surface area (TPSA) is 13.7 Å². The summed E-state index contributed by atoms with van der Waals surface area (Å²) in [5, 5.41) is 0. The van der Waals surface area contributed by atoms with Crippen LogP contribution in [0, 0.1) is 0 Å². The van der Waals surface area contributed by atoms with Gasteiger partial charge in [-0.05, 0) is 26.8 Å². The van der Waals surface area contributed by atoms with Gasteiger partial charge in [-0.2, -0.15) is 0 Å². The molecule has 1 unspecified atom stereocenters. The highest BCUT2D eigenvalue weighted by molar-refractivity contribution is 5.30. The van der Waals surface area contributed by atoms with Gasteiger partial charge < -0.3 is 4.74 Å². The molecule has 0 aromatic rings. The van der Waals surface area contributed by atoms with Crippen molar-refractivity contribution in [3.05, 3.63) is 48.0 Å². The summed E-state index contributed by atoms with van der Waals surface area (Å²) in [5.41, 5.74) is 2.50. The van der Waals surface area contributed by atoms with E-state index in [-0.39, 0.29) is 5.60 Å². The Hall–Kier alpha value is -1.12. The number of fused-ring (bicyclic) bond motifs is 1. The molecule has 80 valence electrons. The molecule has 2 rings (SSSR count). The van der Waals surface area contributed by atoms with Gasteiger partial charge in [0.25, 0.3) is 0 Å². The van der Waals surface area contributed by atoms with Crippen LogP contribution in [0.25, 0.3) is 0 Å². The van der Waals surface area contributed by atoms with Crippen LogP contribution in [0.5, 0.6) is 0 Å². The van der Waals surface area contributed by atoms with Gasteiger partial charge in [-0.3, -0.25) is 0 Å². The lowest BCUT2D eigenvalue weighted by Crippen LogP contribution is -3.03. The molecule has 0 spiro atoms. The molecule has 0 aromatic heterocycles. The second-order valence-electron chi connectivity index (χ2n) is 4.85. The van der Waals surface area contributed by atoms with Crippen LogP contribution in [0.1, 0.15) is 20.8 Å². The van der Waals surface area contributed by atoms with Crippen molar-refractivity contribution in [1.29, 1.82) is 0 Å². The minimum absolute atomic E-state index is 0.0711. The molecule has 2 aliphatic heterocycles.